The molecule has 0 aromatic carbocycles. The molecule has 1 saturated heterocycles. The highest BCUT2D eigenvalue weighted by molar-refractivity contribution is 5.74. The summed E-state index contributed by atoms with van der Waals surface area (Å²) in [7, 11) is 0. The molecule has 1 N–H and O–H groups in total. The van der Waals surface area contributed by atoms with Crippen LogP contribution in [-0.4, -0.2) is 54.6 Å². The number of urea groups is 1. The molecule has 1 unspecified atom stereocenters. The van der Waals surface area contributed by atoms with Crippen molar-refractivity contribution in [2.75, 3.05) is 32.7 Å². The lowest BCUT2D eigenvalue weighted by Gasteiger charge is -2.36. The van der Waals surface area contributed by atoms with Crippen molar-refractivity contribution >= 4 is 6.03 Å². The summed E-state index contributed by atoms with van der Waals surface area (Å²) in [4.78, 5) is 15.8. The summed E-state index contributed by atoms with van der Waals surface area (Å²) < 4.78 is 0. The van der Waals surface area contributed by atoms with E-state index in [2.05, 4.69) is 23.2 Å². The molecule has 0 radical (unpaired) electrons. The molecule has 1 heterocycles. The smallest absolute Gasteiger partial charge is 0.317 e. The first-order chi connectivity index (χ1) is 8.72. The van der Waals surface area contributed by atoms with Gasteiger partial charge < -0.3 is 10.2 Å². The zero-order valence-corrected chi connectivity index (χ0v) is 11.5. The summed E-state index contributed by atoms with van der Waals surface area (Å²) in [6.07, 6.45) is 2.90. The summed E-state index contributed by atoms with van der Waals surface area (Å²) in [5.41, 5.74) is 0. The molecule has 5 heteroatoms. The molecule has 1 fully saturated rings. The summed E-state index contributed by atoms with van der Waals surface area (Å²) in [5, 5.41) is 12.0. The Hall–Kier alpha value is -1.28. The van der Waals surface area contributed by atoms with Crippen LogP contribution in [0.2, 0.25) is 0 Å². The molecular weight excluding hydrogens is 228 g/mol. The van der Waals surface area contributed by atoms with Gasteiger partial charge in [-0.2, -0.15) is 5.26 Å². The van der Waals surface area contributed by atoms with Gasteiger partial charge in [0.25, 0.3) is 0 Å². The van der Waals surface area contributed by atoms with Crippen LogP contribution in [-0.2, 0) is 0 Å². The third-order valence-electron chi connectivity index (χ3n) is 3.28. The van der Waals surface area contributed by atoms with E-state index >= 15 is 0 Å². The Morgan fingerprint density at radius 1 is 1.28 bits per heavy atom. The summed E-state index contributed by atoms with van der Waals surface area (Å²) in [6.45, 7) is 7.92. The molecule has 2 amide bonds. The van der Waals surface area contributed by atoms with Crippen molar-refractivity contribution in [3.8, 4) is 6.07 Å². The van der Waals surface area contributed by atoms with Crippen LogP contribution in [0.15, 0.2) is 0 Å². The van der Waals surface area contributed by atoms with Crippen LogP contribution < -0.4 is 5.32 Å². The molecule has 0 saturated carbocycles. The summed E-state index contributed by atoms with van der Waals surface area (Å²) in [6, 6.07) is 2.40. The van der Waals surface area contributed by atoms with E-state index in [1.54, 1.807) is 0 Å². The number of amides is 2. The summed E-state index contributed by atoms with van der Waals surface area (Å²) >= 11 is 0. The molecule has 0 aromatic heterocycles. The molecule has 1 atom stereocenters. The third kappa shape index (κ3) is 4.19. The second-order valence-corrected chi connectivity index (χ2v) is 4.69. The predicted molar refractivity (Wildman–Crippen MR) is 71.1 cm³/mol. The van der Waals surface area contributed by atoms with Crippen molar-refractivity contribution in [3.63, 3.8) is 0 Å². The van der Waals surface area contributed by atoms with Crippen molar-refractivity contribution < 1.29 is 4.79 Å². The van der Waals surface area contributed by atoms with Gasteiger partial charge in [0.1, 0.15) is 0 Å². The van der Waals surface area contributed by atoms with Gasteiger partial charge in [0.05, 0.1) is 12.1 Å². The second kappa shape index (κ2) is 7.93. The minimum Gasteiger partial charge on any atom is -0.338 e. The molecule has 0 spiro atoms. The fraction of sp³-hybridized carbons (Fsp3) is 0.846. The van der Waals surface area contributed by atoms with Crippen LogP contribution in [0, 0.1) is 11.3 Å². The number of nitrogens with zero attached hydrogens (tertiary/aromatic N) is 3. The average Bonchev–Trinajstić information content (AvgIpc) is 2.42. The van der Waals surface area contributed by atoms with E-state index in [-0.39, 0.29) is 12.1 Å². The van der Waals surface area contributed by atoms with Gasteiger partial charge in [0, 0.05) is 32.7 Å². The Balaban J connectivity index is 2.36. The standard InChI is InChI=1S/C13H24N4O/c1-3-5-12(11-14)16-7-9-17(10-8-16)13(18)15-6-4-2/h12H,3-10H2,1-2H3,(H,15,18). The number of carbonyl (C=O) groups is 1. The molecule has 0 aliphatic carbocycles. The van der Waals surface area contributed by atoms with E-state index in [4.69, 9.17) is 5.26 Å². The van der Waals surface area contributed by atoms with E-state index in [0.717, 1.165) is 52.0 Å². The summed E-state index contributed by atoms with van der Waals surface area (Å²) in [5.74, 6) is 0. The van der Waals surface area contributed by atoms with Crippen LogP contribution in [0.3, 0.4) is 0 Å². The van der Waals surface area contributed by atoms with Gasteiger partial charge >= 0.3 is 6.03 Å². The molecular formula is C13H24N4O. The van der Waals surface area contributed by atoms with E-state index in [1.807, 2.05) is 11.8 Å². The minimum atomic E-state index is 0.0100. The van der Waals surface area contributed by atoms with Crippen molar-refractivity contribution in [2.45, 2.75) is 39.2 Å². The highest BCUT2D eigenvalue weighted by Gasteiger charge is 2.25. The Labute approximate surface area is 110 Å². The maximum absolute atomic E-state index is 11.8. The first-order valence-corrected chi connectivity index (χ1v) is 6.89. The SMILES string of the molecule is CCCNC(=O)N1CCN(C(C#N)CCC)CC1. The number of carbonyl (C=O) groups excluding carboxylic acids is 1. The second-order valence-electron chi connectivity index (χ2n) is 4.69. The lowest BCUT2D eigenvalue weighted by molar-refractivity contribution is 0.121. The lowest BCUT2D eigenvalue weighted by atomic mass is 10.1. The first kappa shape index (κ1) is 14.8. The van der Waals surface area contributed by atoms with Gasteiger partial charge in [0.2, 0.25) is 0 Å². The fourth-order valence-electron chi connectivity index (χ4n) is 2.18. The first-order valence-electron chi connectivity index (χ1n) is 6.89. The highest BCUT2D eigenvalue weighted by atomic mass is 16.2. The van der Waals surface area contributed by atoms with Gasteiger partial charge in [-0.05, 0) is 12.8 Å². The van der Waals surface area contributed by atoms with Gasteiger partial charge in [-0.15, -0.1) is 0 Å². The monoisotopic (exact) mass is 252 g/mol. The highest BCUT2D eigenvalue weighted by Crippen LogP contribution is 2.10. The minimum absolute atomic E-state index is 0.0100. The van der Waals surface area contributed by atoms with E-state index in [0.29, 0.717) is 0 Å². The van der Waals surface area contributed by atoms with Gasteiger partial charge in [-0.25, -0.2) is 4.79 Å². The van der Waals surface area contributed by atoms with Crippen LogP contribution >= 0.6 is 0 Å². The lowest BCUT2D eigenvalue weighted by Crippen LogP contribution is -2.54. The van der Waals surface area contributed by atoms with Crippen molar-refractivity contribution in [3.05, 3.63) is 0 Å². The molecule has 0 bridgehead atoms. The van der Waals surface area contributed by atoms with E-state index in [1.165, 1.54) is 0 Å². The zero-order valence-electron chi connectivity index (χ0n) is 11.5. The average molecular weight is 252 g/mol. The molecule has 1 aliphatic heterocycles. The van der Waals surface area contributed by atoms with E-state index in [9.17, 15) is 4.79 Å². The quantitative estimate of drug-likeness (QED) is 0.805. The number of nitrogens with one attached hydrogen (secondary N) is 1. The number of hydrogen-bond donors (Lipinski definition) is 1. The van der Waals surface area contributed by atoms with E-state index < -0.39 is 0 Å². The van der Waals surface area contributed by atoms with Gasteiger partial charge in [-0.1, -0.05) is 20.3 Å². The normalized spacial score (nSPS) is 18.2. The molecule has 5 nitrogen and oxygen atoms in total. The Kier molecular flexibility index (Phi) is 6.51. The van der Waals surface area contributed by atoms with Gasteiger partial charge in [-0.3, -0.25) is 4.90 Å². The van der Waals surface area contributed by atoms with Gasteiger partial charge in [0.15, 0.2) is 0 Å². The Morgan fingerprint density at radius 3 is 2.44 bits per heavy atom. The Bertz CT molecular complexity index is 292. The van der Waals surface area contributed by atoms with Crippen LogP contribution in [0.4, 0.5) is 4.79 Å². The molecule has 1 aliphatic rings. The maximum atomic E-state index is 11.8. The van der Waals surface area contributed by atoms with Crippen molar-refractivity contribution in [1.82, 2.24) is 15.1 Å². The van der Waals surface area contributed by atoms with Crippen LogP contribution in [0.1, 0.15) is 33.1 Å². The van der Waals surface area contributed by atoms with Crippen molar-refractivity contribution in [2.24, 2.45) is 0 Å². The molecule has 0 aromatic rings. The Morgan fingerprint density at radius 2 is 1.94 bits per heavy atom. The number of rotatable bonds is 5. The number of piperazine rings is 1. The maximum Gasteiger partial charge on any atom is 0.317 e. The fourth-order valence-corrected chi connectivity index (χ4v) is 2.18. The van der Waals surface area contributed by atoms with Crippen molar-refractivity contribution in [1.29, 1.82) is 5.26 Å². The largest absolute Gasteiger partial charge is 0.338 e. The topological polar surface area (TPSA) is 59.4 Å². The van der Waals surface area contributed by atoms with Crippen LogP contribution in [0.5, 0.6) is 0 Å². The molecule has 1 rings (SSSR count). The molecule has 102 valence electrons. The number of nitriles is 1. The molecule has 18 heavy (non-hydrogen) atoms. The predicted octanol–water partition coefficient (Wildman–Crippen LogP) is 1.42. The van der Waals surface area contributed by atoms with Crippen LogP contribution in [0.25, 0.3) is 0 Å². The number of hydrogen-bond acceptors (Lipinski definition) is 3. The zero-order chi connectivity index (χ0) is 13.4. The third-order valence-corrected chi connectivity index (χ3v) is 3.28.